The van der Waals surface area contributed by atoms with E-state index in [1.807, 2.05) is 13.0 Å². The molecule has 1 fully saturated rings. The van der Waals surface area contributed by atoms with Gasteiger partial charge >= 0.3 is 0 Å². The highest BCUT2D eigenvalue weighted by atomic mass is 35.5. The van der Waals surface area contributed by atoms with Gasteiger partial charge in [-0.1, -0.05) is 36.2 Å². The Morgan fingerprint density at radius 1 is 1.07 bits per heavy atom. The summed E-state index contributed by atoms with van der Waals surface area (Å²) < 4.78 is 22.3. The average Bonchev–Trinajstić information content (AvgIpc) is 2.79. The van der Waals surface area contributed by atoms with Crippen LogP contribution in [0.15, 0.2) is 30.3 Å². The molecular formula is C22H25Cl2NO5. The lowest BCUT2D eigenvalue weighted by atomic mass is 9.89. The summed E-state index contributed by atoms with van der Waals surface area (Å²) in [6.07, 6.45) is 0.671. The summed E-state index contributed by atoms with van der Waals surface area (Å²) in [5.41, 5.74) is 0.676. The van der Waals surface area contributed by atoms with Crippen LogP contribution in [0.25, 0.3) is 0 Å². The van der Waals surface area contributed by atoms with Gasteiger partial charge in [0.15, 0.2) is 11.5 Å². The Morgan fingerprint density at radius 2 is 1.73 bits per heavy atom. The van der Waals surface area contributed by atoms with Crippen molar-refractivity contribution in [2.45, 2.75) is 18.9 Å². The van der Waals surface area contributed by atoms with E-state index in [1.165, 1.54) is 21.3 Å². The molecule has 162 valence electrons. The standard InChI is InChI=1S/C22H25Cl2NO5/c1-5-22(15-6-7-16(23)17(24)12-15)13-25(8-9-30-22)21(26)14-10-18(27-2)20(29-4)19(11-14)28-3/h6-7,10-12H,5,8-9,13H2,1-4H3. The molecule has 0 bridgehead atoms. The fraction of sp³-hybridized carbons (Fsp3) is 0.409. The third-order valence-corrected chi connectivity index (χ3v) is 6.14. The van der Waals surface area contributed by atoms with Crippen molar-refractivity contribution in [2.75, 3.05) is 41.0 Å². The molecule has 8 heteroatoms. The van der Waals surface area contributed by atoms with Crippen molar-refractivity contribution in [1.29, 1.82) is 0 Å². The van der Waals surface area contributed by atoms with Crippen LogP contribution in [0, 0.1) is 0 Å². The molecule has 1 atom stereocenters. The Kier molecular flexibility index (Phi) is 7.01. The first-order chi connectivity index (χ1) is 14.4. The third kappa shape index (κ3) is 4.17. The Balaban J connectivity index is 1.94. The normalized spacial score (nSPS) is 18.8. The van der Waals surface area contributed by atoms with Crippen molar-refractivity contribution in [3.05, 3.63) is 51.5 Å². The number of amides is 1. The summed E-state index contributed by atoms with van der Waals surface area (Å²) >= 11 is 12.3. The number of ether oxygens (including phenoxy) is 4. The van der Waals surface area contributed by atoms with E-state index < -0.39 is 5.60 Å². The van der Waals surface area contributed by atoms with Gasteiger partial charge in [-0.3, -0.25) is 4.79 Å². The maximum Gasteiger partial charge on any atom is 0.254 e. The molecule has 0 N–H and O–H groups in total. The molecule has 2 aromatic carbocycles. The van der Waals surface area contributed by atoms with E-state index >= 15 is 0 Å². The van der Waals surface area contributed by atoms with Crippen molar-refractivity contribution in [2.24, 2.45) is 0 Å². The lowest BCUT2D eigenvalue weighted by Gasteiger charge is -2.43. The molecule has 6 nitrogen and oxygen atoms in total. The topological polar surface area (TPSA) is 57.2 Å². The van der Waals surface area contributed by atoms with Gasteiger partial charge in [0.1, 0.15) is 5.60 Å². The van der Waals surface area contributed by atoms with E-state index in [2.05, 4.69) is 0 Å². The summed E-state index contributed by atoms with van der Waals surface area (Å²) in [4.78, 5) is 15.1. The van der Waals surface area contributed by atoms with Gasteiger partial charge in [-0.15, -0.1) is 0 Å². The van der Waals surface area contributed by atoms with Crippen LogP contribution in [0.1, 0.15) is 29.3 Å². The van der Waals surface area contributed by atoms with Crippen molar-refractivity contribution in [3.63, 3.8) is 0 Å². The minimum atomic E-state index is -0.664. The number of morpholine rings is 1. The van der Waals surface area contributed by atoms with Gasteiger partial charge in [0, 0.05) is 12.1 Å². The molecule has 1 saturated heterocycles. The fourth-order valence-electron chi connectivity index (χ4n) is 3.72. The van der Waals surface area contributed by atoms with Gasteiger partial charge < -0.3 is 23.8 Å². The zero-order valence-electron chi connectivity index (χ0n) is 17.5. The first kappa shape index (κ1) is 22.5. The lowest BCUT2D eigenvalue weighted by Crippen LogP contribution is -2.51. The van der Waals surface area contributed by atoms with Crippen LogP contribution < -0.4 is 14.2 Å². The molecule has 0 radical (unpaired) electrons. The lowest BCUT2D eigenvalue weighted by molar-refractivity contribution is -0.107. The second-order valence-corrected chi connectivity index (χ2v) is 7.78. The minimum Gasteiger partial charge on any atom is -0.493 e. The van der Waals surface area contributed by atoms with Crippen LogP contribution in [0.5, 0.6) is 17.2 Å². The SMILES string of the molecule is CCC1(c2ccc(Cl)c(Cl)c2)CN(C(=O)c2cc(OC)c(OC)c(OC)c2)CCO1. The predicted molar refractivity (Wildman–Crippen MR) is 116 cm³/mol. The monoisotopic (exact) mass is 453 g/mol. The second-order valence-electron chi connectivity index (χ2n) is 6.97. The van der Waals surface area contributed by atoms with E-state index in [1.54, 1.807) is 29.2 Å². The molecule has 0 spiro atoms. The third-order valence-electron chi connectivity index (χ3n) is 5.40. The van der Waals surface area contributed by atoms with Crippen LogP contribution in [-0.4, -0.2) is 51.8 Å². The molecule has 30 heavy (non-hydrogen) atoms. The number of halogens is 2. The Bertz CT molecular complexity index is 911. The van der Waals surface area contributed by atoms with Crippen LogP contribution in [0.2, 0.25) is 10.0 Å². The van der Waals surface area contributed by atoms with Crippen molar-refractivity contribution >= 4 is 29.1 Å². The number of carbonyl (C=O) groups is 1. The van der Waals surface area contributed by atoms with Crippen molar-refractivity contribution in [3.8, 4) is 17.2 Å². The molecule has 0 saturated carbocycles. The molecule has 1 unspecified atom stereocenters. The van der Waals surface area contributed by atoms with Gasteiger partial charge in [-0.2, -0.15) is 0 Å². The number of hydrogen-bond acceptors (Lipinski definition) is 5. The summed E-state index contributed by atoms with van der Waals surface area (Å²) in [5.74, 6) is 1.16. The second kappa shape index (κ2) is 9.33. The highest BCUT2D eigenvalue weighted by Crippen LogP contribution is 2.40. The molecule has 0 aliphatic carbocycles. The zero-order valence-corrected chi connectivity index (χ0v) is 19.0. The van der Waals surface area contributed by atoms with E-state index in [9.17, 15) is 4.79 Å². The molecular weight excluding hydrogens is 429 g/mol. The number of carbonyl (C=O) groups excluding carboxylic acids is 1. The number of rotatable bonds is 6. The quantitative estimate of drug-likeness (QED) is 0.628. The first-order valence-electron chi connectivity index (χ1n) is 9.58. The smallest absolute Gasteiger partial charge is 0.254 e. The molecule has 1 aliphatic heterocycles. The first-order valence-corrected chi connectivity index (χ1v) is 10.3. The van der Waals surface area contributed by atoms with Crippen molar-refractivity contribution in [1.82, 2.24) is 4.90 Å². The van der Waals surface area contributed by atoms with Crippen LogP contribution in [-0.2, 0) is 10.3 Å². The highest BCUT2D eigenvalue weighted by Gasteiger charge is 2.39. The maximum atomic E-state index is 13.4. The van der Waals surface area contributed by atoms with Crippen LogP contribution >= 0.6 is 23.2 Å². The Morgan fingerprint density at radius 3 is 2.27 bits per heavy atom. The predicted octanol–water partition coefficient (Wildman–Crippen LogP) is 4.80. The fourth-order valence-corrected chi connectivity index (χ4v) is 4.01. The van der Waals surface area contributed by atoms with E-state index in [0.717, 1.165) is 5.56 Å². The minimum absolute atomic E-state index is 0.143. The Labute approximate surface area is 186 Å². The molecule has 1 heterocycles. The van der Waals surface area contributed by atoms with Gasteiger partial charge in [0.25, 0.3) is 5.91 Å². The van der Waals surface area contributed by atoms with E-state index in [-0.39, 0.29) is 5.91 Å². The van der Waals surface area contributed by atoms with Crippen molar-refractivity contribution < 1.29 is 23.7 Å². The highest BCUT2D eigenvalue weighted by molar-refractivity contribution is 6.42. The van der Waals surface area contributed by atoms with E-state index in [0.29, 0.717) is 59.0 Å². The molecule has 3 rings (SSSR count). The number of nitrogens with zero attached hydrogens (tertiary/aromatic N) is 1. The zero-order chi connectivity index (χ0) is 21.9. The number of methoxy groups -OCH3 is 3. The largest absolute Gasteiger partial charge is 0.493 e. The summed E-state index contributed by atoms with van der Waals surface area (Å²) in [5, 5.41) is 0.937. The summed E-state index contributed by atoms with van der Waals surface area (Å²) in [7, 11) is 4.57. The summed E-state index contributed by atoms with van der Waals surface area (Å²) in [6, 6.07) is 8.77. The van der Waals surface area contributed by atoms with Gasteiger partial charge in [-0.25, -0.2) is 0 Å². The van der Waals surface area contributed by atoms with E-state index in [4.69, 9.17) is 42.1 Å². The average molecular weight is 454 g/mol. The van der Waals surface area contributed by atoms with Gasteiger partial charge in [0.05, 0.1) is 44.5 Å². The molecule has 0 aromatic heterocycles. The summed E-state index contributed by atoms with van der Waals surface area (Å²) in [6.45, 7) is 3.29. The molecule has 2 aromatic rings. The molecule has 1 amide bonds. The van der Waals surface area contributed by atoms with Crippen LogP contribution in [0.4, 0.5) is 0 Å². The Hall–Kier alpha value is -2.15. The van der Waals surface area contributed by atoms with Crippen LogP contribution in [0.3, 0.4) is 0 Å². The number of benzene rings is 2. The molecule has 1 aliphatic rings. The van der Waals surface area contributed by atoms with Gasteiger partial charge in [0.2, 0.25) is 5.75 Å². The van der Waals surface area contributed by atoms with Gasteiger partial charge in [-0.05, 0) is 36.2 Å². The maximum absolute atomic E-state index is 13.4. The number of hydrogen-bond donors (Lipinski definition) is 0.